The molecule has 128 valence electrons. The number of halogens is 1. The second kappa shape index (κ2) is 8.48. The number of nitrogens with zero attached hydrogens (tertiary/aromatic N) is 2. The van der Waals surface area contributed by atoms with Crippen molar-refractivity contribution in [3.8, 4) is 17.6 Å². The van der Waals surface area contributed by atoms with Crippen LogP contribution < -0.4 is 9.47 Å². The van der Waals surface area contributed by atoms with Crippen molar-refractivity contribution in [1.29, 1.82) is 5.26 Å². The van der Waals surface area contributed by atoms with Crippen LogP contribution in [0, 0.1) is 25.0 Å². The lowest BCUT2D eigenvalue weighted by Crippen LogP contribution is -1.98. The summed E-state index contributed by atoms with van der Waals surface area (Å²) in [4.78, 5) is 10.3. The molecule has 7 heteroatoms. The number of nitro benzene ring substituents is 1. The first kappa shape index (κ1) is 18.7. The first-order valence-electron chi connectivity index (χ1n) is 7.37. The molecule has 25 heavy (non-hydrogen) atoms. The van der Waals surface area contributed by atoms with E-state index in [1.165, 1.54) is 12.1 Å². The van der Waals surface area contributed by atoms with Crippen LogP contribution in [0.15, 0.2) is 36.4 Å². The van der Waals surface area contributed by atoms with Crippen molar-refractivity contribution in [3.05, 3.63) is 61.2 Å². The predicted octanol–water partition coefficient (Wildman–Crippen LogP) is 4.67. The molecular weight excluding hydrogens is 435 g/mol. The minimum absolute atomic E-state index is 0.0151. The van der Waals surface area contributed by atoms with Gasteiger partial charge >= 0.3 is 0 Å². The van der Waals surface area contributed by atoms with E-state index in [-0.39, 0.29) is 5.69 Å². The van der Waals surface area contributed by atoms with Gasteiger partial charge in [-0.3, -0.25) is 10.1 Å². The van der Waals surface area contributed by atoms with E-state index in [4.69, 9.17) is 9.47 Å². The highest BCUT2D eigenvalue weighted by Gasteiger charge is 2.12. The Kier molecular flexibility index (Phi) is 6.36. The zero-order valence-corrected chi connectivity index (χ0v) is 15.8. The van der Waals surface area contributed by atoms with E-state index in [1.54, 1.807) is 31.4 Å². The number of nitriles is 1. The molecule has 0 unspecified atom stereocenters. The van der Waals surface area contributed by atoms with Crippen LogP contribution >= 0.6 is 22.6 Å². The molecule has 6 nitrogen and oxygen atoms in total. The largest absolute Gasteiger partial charge is 0.492 e. The Hall–Kier alpha value is -2.60. The molecule has 2 aromatic carbocycles. The van der Waals surface area contributed by atoms with Crippen molar-refractivity contribution >= 4 is 39.9 Å². The number of hydrogen-bond donors (Lipinski definition) is 0. The second-order valence-corrected chi connectivity index (χ2v) is 6.10. The Bertz CT molecular complexity index is 855. The SMILES string of the molecule is CCOc1cc(/C=C(/C#N)c2ccc([N+](=O)[O-])cc2)cc(I)c1OC. The fraction of sp³-hybridized carbons (Fsp3) is 0.167. The Morgan fingerprint density at radius 1 is 1.36 bits per heavy atom. The van der Waals surface area contributed by atoms with E-state index in [2.05, 4.69) is 28.7 Å². The van der Waals surface area contributed by atoms with Crippen LogP contribution in [0.4, 0.5) is 5.69 Å². The van der Waals surface area contributed by atoms with Gasteiger partial charge in [-0.1, -0.05) is 0 Å². The molecule has 0 aromatic heterocycles. The standard InChI is InChI=1S/C18H15IN2O4/c1-3-25-17-10-12(9-16(19)18(17)24-2)8-14(11-20)13-4-6-15(7-5-13)21(22)23/h4-10H,3H2,1-2H3/b14-8-. The zero-order chi connectivity index (χ0) is 18.4. The molecular formula is C18H15IN2O4. The number of non-ortho nitro benzene ring substituents is 1. The van der Waals surface area contributed by atoms with Gasteiger partial charge < -0.3 is 9.47 Å². The average Bonchev–Trinajstić information content (AvgIpc) is 2.60. The molecule has 0 saturated heterocycles. The summed E-state index contributed by atoms with van der Waals surface area (Å²) in [6.07, 6.45) is 1.71. The third-order valence-corrected chi connectivity index (χ3v) is 4.16. The van der Waals surface area contributed by atoms with Crippen LogP contribution in [0.2, 0.25) is 0 Å². The first-order valence-corrected chi connectivity index (χ1v) is 8.45. The summed E-state index contributed by atoms with van der Waals surface area (Å²) in [5.74, 6) is 1.25. The molecule has 0 spiro atoms. The van der Waals surface area contributed by atoms with Gasteiger partial charge in [0.25, 0.3) is 5.69 Å². The quantitative estimate of drug-likeness (QED) is 0.210. The molecule has 0 aliphatic heterocycles. The number of rotatable bonds is 6. The van der Waals surface area contributed by atoms with Gasteiger partial charge in [0, 0.05) is 12.1 Å². The fourth-order valence-electron chi connectivity index (χ4n) is 2.24. The number of hydrogen-bond acceptors (Lipinski definition) is 5. The smallest absolute Gasteiger partial charge is 0.269 e. The van der Waals surface area contributed by atoms with Gasteiger partial charge in [-0.15, -0.1) is 0 Å². The summed E-state index contributed by atoms with van der Waals surface area (Å²) in [6, 6.07) is 11.7. The molecule has 0 saturated carbocycles. The normalized spacial score (nSPS) is 10.9. The maximum atomic E-state index is 10.7. The van der Waals surface area contributed by atoms with Crippen molar-refractivity contribution in [1.82, 2.24) is 0 Å². The third kappa shape index (κ3) is 4.48. The molecule has 0 N–H and O–H groups in total. The maximum absolute atomic E-state index is 10.7. The van der Waals surface area contributed by atoms with Gasteiger partial charge in [-0.05, 0) is 71.0 Å². The van der Waals surface area contributed by atoms with E-state index >= 15 is 0 Å². The van der Waals surface area contributed by atoms with Crippen LogP contribution in [0.25, 0.3) is 11.6 Å². The monoisotopic (exact) mass is 450 g/mol. The predicted molar refractivity (Wildman–Crippen MR) is 103 cm³/mol. The lowest BCUT2D eigenvalue weighted by molar-refractivity contribution is -0.384. The highest BCUT2D eigenvalue weighted by molar-refractivity contribution is 14.1. The van der Waals surface area contributed by atoms with E-state index in [1.807, 2.05) is 13.0 Å². The molecule has 0 aliphatic rings. The number of allylic oxidation sites excluding steroid dienone is 1. The lowest BCUT2D eigenvalue weighted by atomic mass is 10.0. The highest BCUT2D eigenvalue weighted by Crippen LogP contribution is 2.35. The van der Waals surface area contributed by atoms with E-state index < -0.39 is 4.92 Å². The highest BCUT2D eigenvalue weighted by atomic mass is 127. The van der Waals surface area contributed by atoms with E-state index in [0.29, 0.717) is 29.2 Å². The summed E-state index contributed by atoms with van der Waals surface area (Å²) in [5, 5.41) is 20.2. The van der Waals surface area contributed by atoms with Crippen molar-refractivity contribution in [3.63, 3.8) is 0 Å². The molecule has 0 heterocycles. The Morgan fingerprint density at radius 3 is 2.56 bits per heavy atom. The molecule has 0 aliphatic carbocycles. The first-order chi connectivity index (χ1) is 12.0. The molecule has 0 bridgehead atoms. The Morgan fingerprint density at radius 2 is 2.04 bits per heavy atom. The average molecular weight is 450 g/mol. The Labute approximate surface area is 159 Å². The molecule has 2 rings (SSSR count). The van der Waals surface area contributed by atoms with Crippen molar-refractivity contribution < 1.29 is 14.4 Å². The summed E-state index contributed by atoms with van der Waals surface area (Å²) < 4.78 is 11.8. The van der Waals surface area contributed by atoms with Gasteiger partial charge in [0.15, 0.2) is 11.5 Å². The molecule has 0 atom stereocenters. The number of nitro groups is 1. The Balaban J connectivity index is 2.45. The summed E-state index contributed by atoms with van der Waals surface area (Å²) in [7, 11) is 1.58. The minimum atomic E-state index is -0.472. The van der Waals surface area contributed by atoms with Gasteiger partial charge in [0.05, 0.1) is 33.9 Å². The van der Waals surface area contributed by atoms with Crippen LogP contribution in [0.3, 0.4) is 0 Å². The number of methoxy groups -OCH3 is 1. The van der Waals surface area contributed by atoms with Crippen LogP contribution in [0.5, 0.6) is 11.5 Å². The van der Waals surface area contributed by atoms with E-state index in [0.717, 1.165) is 9.13 Å². The zero-order valence-electron chi connectivity index (χ0n) is 13.7. The van der Waals surface area contributed by atoms with Crippen molar-refractivity contribution in [2.45, 2.75) is 6.92 Å². The summed E-state index contributed by atoms with van der Waals surface area (Å²) in [6.45, 7) is 2.37. The van der Waals surface area contributed by atoms with Crippen LogP contribution in [0.1, 0.15) is 18.1 Å². The van der Waals surface area contributed by atoms with Crippen molar-refractivity contribution in [2.75, 3.05) is 13.7 Å². The van der Waals surface area contributed by atoms with Gasteiger partial charge in [-0.25, -0.2) is 0 Å². The summed E-state index contributed by atoms with van der Waals surface area (Å²) in [5.41, 5.74) is 1.78. The lowest BCUT2D eigenvalue weighted by Gasteiger charge is -2.12. The summed E-state index contributed by atoms with van der Waals surface area (Å²) >= 11 is 2.14. The second-order valence-electron chi connectivity index (χ2n) is 4.94. The van der Waals surface area contributed by atoms with E-state index in [9.17, 15) is 15.4 Å². The minimum Gasteiger partial charge on any atom is -0.492 e. The molecule has 0 amide bonds. The van der Waals surface area contributed by atoms with Gasteiger partial charge in [-0.2, -0.15) is 5.26 Å². The van der Waals surface area contributed by atoms with Gasteiger partial charge in [0.2, 0.25) is 0 Å². The number of ether oxygens (including phenoxy) is 2. The topological polar surface area (TPSA) is 85.4 Å². The van der Waals surface area contributed by atoms with Crippen LogP contribution in [-0.4, -0.2) is 18.6 Å². The molecule has 2 aromatic rings. The third-order valence-electron chi connectivity index (χ3n) is 3.36. The fourth-order valence-corrected chi connectivity index (χ4v) is 3.09. The molecule has 0 fully saturated rings. The number of benzene rings is 2. The van der Waals surface area contributed by atoms with Crippen molar-refractivity contribution in [2.24, 2.45) is 0 Å². The maximum Gasteiger partial charge on any atom is 0.269 e. The van der Waals surface area contributed by atoms with Crippen LogP contribution in [-0.2, 0) is 0 Å². The molecule has 0 radical (unpaired) electrons. The van der Waals surface area contributed by atoms with Gasteiger partial charge in [0.1, 0.15) is 0 Å².